The van der Waals surface area contributed by atoms with E-state index < -0.39 is 0 Å². The summed E-state index contributed by atoms with van der Waals surface area (Å²) in [5.41, 5.74) is 0. The Morgan fingerprint density at radius 3 is 2.40 bits per heavy atom. The Bertz CT molecular complexity index is 397. The molecule has 20 heavy (non-hydrogen) atoms. The van der Waals surface area contributed by atoms with Gasteiger partial charge >= 0.3 is 0 Å². The first-order chi connectivity index (χ1) is 9.88. The predicted molar refractivity (Wildman–Crippen MR) is 80.3 cm³/mol. The number of rotatable bonds is 6. The maximum Gasteiger partial charge on any atom is 0.0945 e. The van der Waals surface area contributed by atoms with Crippen LogP contribution in [0.15, 0.2) is 18.7 Å². The van der Waals surface area contributed by atoms with Gasteiger partial charge in [-0.15, -0.1) is 0 Å². The molecule has 3 nitrogen and oxygen atoms in total. The molecule has 0 atom stereocenters. The van der Waals surface area contributed by atoms with Crippen molar-refractivity contribution >= 4 is 0 Å². The summed E-state index contributed by atoms with van der Waals surface area (Å²) < 4.78 is 2.18. The fraction of sp³-hybridized carbons (Fsp3) is 0.824. The highest BCUT2D eigenvalue weighted by Gasteiger charge is 2.47. The zero-order valence-corrected chi connectivity index (χ0v) is 12.4. The molecule has 0 spiro atoms. The highest BCUT2D eigenvalue weighted by atomic mass is 15.0. The summed E-state index contributed by atoms with van der Waals surface area (Å²) in [7, 11) is 0. The maximum absolute atomic E-state index is 4.09. The molecule has 1 aromatic rings. The molecule has 4 saturated carbocycles. The van der Waals surface area contributed by atoms with Crippen LogP contribution in [0.4, 0.5) is 0 Å². The zero-order valence-electron chi connectivity index (χ0n) is 12.4. The molecule has 0 aliphatic heterocycles. The van der Waals surface area contributed by atoms with Gasteiger partial charge in [-0.25, -0.2) is 4.98 Å². The molecule has 1 aromatic heterocycles. The second kappa shape index (κ2) is 5.51. The van der Waals surface area contributed by atoms with E-state index in [1.807, 2.05) is 12.5 Å². The minimum atomic E-state index is 0.857. The van der Waals surface area contributed by atoms with Crippen molar-refractivity contribution < 1.29 is 0 Å². The molecule has 0 amide bonds. The Labute approximate surface area is 122 Å². The average Bonchev–Trinajstić information content (AvgIpc) is 2.93. The molecule has 0 radical (unpaired) electrons. The lowest BCUT2D eigenvalue weighted by atomic mass is 9.54. The van der Waals surface area contributed by atoms with Crippen molar-refractivity contribution in [3.8, 4) is 0 Å². The lowest BCUT2D eigenvalue weighted by Crippen LogP contribution is -2.54. The third kappa shape index (κ3) is 2.52. The summed E-state index contributed by atoms with van der Waals surface area (Å²) in [6.07, 6.45) is 16.1. The molecule has 4 aliphatic carbocycles. The first-order valence-corrected chi connectivity index (χ1v) is 8.57. The molecule has 0 aromatic carbocycles. The second-order valence-corrected chi connectivity index (χ2v) is 7.42. The van der Waals surface area contributed by atoms with Gasteiger partial charge in [-0.1, -0.05) is 0 Å². The Morgan fingerprint density at radius 2 is 1.75 bits per heavy atom. The molecule has 4 fully saturated rings. The van der Waals surface area contributed by atoms with E-state index >= 15 is 0 Å². The third-order valence-electron chi connectivity index (χ3n) is 6.01. The van der Waals surface area contributed by atoms with Crippen LogP contribution in [0.3, 0.4) is 0 Å². The van der Waals surface area contributed by atoms with Gasteiger partial charge < -0.3 is 9.88 Å². The van der Waals surface area contributed by atoms with Gasteiger partial charge in [0.2, 0.25) is 0 Å². The van der Waals surface area contributed by atoms with E-state index in [9.17, 15) is 0 Å². The summed E-state index contributed by atoms with van der Waals surface area (Å²) in [6.45, 7) is 2.32. The van der Waals surface area contributed by atoms with Gasteiger partial charge in [0.05, 0.1) is 6.33 Å². The first kappa shape index (κ1) is 12.9. The van der Waals surface area contributed by atoms with Crippen LogP contribution in [-0.2, 0) is 6.54 Å². The zero-order chi connectivity index (χ0) is 13.4. The fourth-order valence-corrected chi connectivity index (χ4v) is 5.37. The topological polar surface area (TPSA) is 29.9 Å². The SMILES string of the molecule is c1cn(CCCCNC2C3CC4CC(C3)CC2C4)cn1. The van der Waals surface area contributed by atoms with Crippen molar-refractivity contribution in [2.24, 2.45) is 23.7 Å². The fourth-order valence-electron chi connectivity index (χ4n) is 5.37. The van der Waals surface area contributed by atoms with Crippen molar-refractivity contribution in [3.63, 3.8) is 0 Å². The van der Waals surface area contributed by atoms with Crippen LogP contribution in [0.25, 0.3) is 0 Å². The largest absolute Gasteiger partial charge is 0.337 e. The van der Waals surface area contributed by atoms with Gasteiger partial charge in [0, 0.05) is 25.0 Å². The number of nitrogens with one attached hydrogen (secondary N) is 1. The Balaban J connectivity index is 1.20. The van der Waals surface area contributed by atoms with Crippen LogP contribution in [0.2, 0.25) is 0 Å². The van der Waals surface area contributed by atoms with E-state index in [4.69, 9.17) is 0 Å². The molecule has 0 saturated heterocycles. The van der Waals surface area contributed by atoms with Gasteiger partial charge in [-0.2, -0.15) is 0 Å². The Morgan fingerprint density at radius 1 is 1.00 bits per heavy atom. The number of hydrogen-bond acceptors (Lipinski definition) is 2. The van der Waals surface area contributed by atoms with E-state index in [-0.39, 0.29) is 0 Å². The van der Waals surface area contributed by atoms with Gasteiger partial charge in [0.25, 0.3) is 0 Å². The molecule has 3 heteroatoms. The van der Waals surface area contributed by atoms with Gasteiger partial charge in [-0.3, -0.25) is 0 Å². The molecule has 1 heterocycles. The molecule has 1 N–H and O–H groups in total. The van der Waals surface area contributed by atoms with Gasteiger partial charge in [-0.05, 0) is 75.2 Å². The predicted octanol–water partition coefficient (Wildman–Crippen LogP) is 3.08. The van der Waals surface area contributed by atoms with Crippen LogP contribution < -0.4 is 5.32 Å². The van der Waals surface area contributed by atoms with Crippen molar-refractivity contribution in [2.45, 2.75) is 57.5 Å². The Hall–Kier alpha value is -0.830. The number of unbranched alkanes of at least 4 members (excludes halogenated alkanes) is 1. The number of nitrogens with zero attached hydrogens (tertiary/aromatic N) is 2. The molecule has 0 unspecified atom stereocenters. The summed E-state index contributed by atoms with van der Waals surface area (Å²) in [5.74, 6) is 4.22. The number of imidazole rings is 1. The number of aryl methyl sites for hydroxylation is 1. The van der Waals surface area contributed by atoms with Crippen molar-refractivity contribution in [1.29, 1.82) is 0 Å². The van der Waals surface area contributed by atoms with Gasteiger partial charge in [0.15, 0.2) is 0 Å². The van der Waals surface area contributed by atoms with Crippen LogP contribution in [0, 0.1) is 23.7 Å². The van der Waals surface area contributed by atoms with Gasteiger partial charge in [0.1, 0.15) is 0 Å². The van der Waals surface area contributed by atoms with E-state index in [1.165, 1.54) is 45.1 Å². The van der Waals surface area contributed by atoms with Crippen molar-refractivity contribution in [2.75, 3.05) is 6.54 Å². The smallest absolute Gasteiger partial charge is 0.0945 e. The quantitative estimate of drug-likeness (QED) is 0.807. The van der Waals surface area contributed by atoms with Crippen molar-refractivity contribution in [3.05, 3.63) is 18.7 Å². The highest BCUT2D eigenvalue weighted by Crippen LogP contribution is 2.53. The first-order valence-electron chi connectivity index (χ1n) is 8.57. The van der Waals surface area contributed by atoms with Crippen LogP contribution in [0.1, 0.15) is 44.9 Å². The Kier molecular flexibility index (Phi) is 3.55. The normalized spacial score (nSPS) is 38.5. The van der Waals surface area contributed by atoms with Crippen molar-refractivity contribution in [1.82, 2.24) is 14.9 Å². The summed E-state index contributed by atoms with van der Waals surface area (Å²) >= 11 is 0. The maximum atomic E-state index is 4.09. The van der Waals surface area contributed by atoms with Crippen LogP contribution >= 0.6 is 0 Å². The molecule has 110 valence electrons. The second-order valence-electron chi connectivity index (χ2n) is 7.42. The lowest BCUT2D eigenvalue weighted by molar-refractivity contribution is -0.0136. The van der Waals surface area contributed by atoms with Crippen LogP contribution in [-0.4, -0.2) is 22.1 Å². The molecule has 4 bridgehead atoms. The number of hydrogen-bond donors (Lipinski definition) is 1. The number of aromatic nitrogens is 2. The standard InChI is InChI=1S/C17H27N3/c1(2-5-20-6-4-18-12-20)3-19-17-15-8-13-7-14(10-15)11-16(17)9-13/h4,6,12-17,19H,1-3,5,7-11H2. The van der Waals surface area contributed by atoms with Crippen LogP contribution in [0.5, 0.6) is 0 Å². The molecular formula is C17H27N3. The minimum absolute atomic E-state index is 0.857. The monoisotopic (exact) mass is 273 g/mol. The summed E-state index contributed by atoms with van der Waals surface area (Å²) in [4.78, 5) is 4.09. The summed E-state index contributed by atoms with van der Waals surface area (Å²) in [5, 5.41) is 3.92. The minimum Gasteiger partial charge on any atom is -0.337 e. The van der Waals surface area contributed by atoms with E-state index in [0.29, 0.717) is 0 Å². The molecule has 4 aliphatic rings. The van der Waals surface area contributed by atoms with E-state index in [1.54, 1.807) is 6.42 Å². The third-order valence-corrected chi connectivity index (χ3v) is 6.01. The van der Waals surface area contributed by atoms with E-state index in [0.717, 1.165) is 36.3 Å². The molecule has 5 rings (SSSR count). The average molecular weight is 273 g/mol. The molecular weight excluding hydrogens is 246 g/mol. The van der Waals surface area contributed by atoms with E-state index in [2.05, 4.69) is 21.1 Å². The lowest BCUT2D eigenvalue weighted by Gasteiger charge is -2.54. The highest BCUT2D eigenvalue weighted by molar-refractivity contribution is 5.01. The summed E-state index contributed by atoms with van der Waals surface area (Å²) in [6, 6.07) is 0.857.